The predicted octanol–water partition coefficient (Wildman–Crippen LogP) is 2.05. The Labute approximate surface area is 91.2 Å². The molecule has 0 saturated heterocycles. The fourth-order valence-electron chi connectivity index (χ4n) is 1.41. The van der Waals surface area contributed by atoms with E-state index in [4.69, 9.17) is 0 Å². The van der Waals surface area contributed by atoms with E-state index in [2.05, 4.69) is 6.58 Å². The van der Waals surface area contributed by atoms with E-state index in [0.717, 1.165) is 12.0 Å². The Balaban J connectivity index is 2.83. The number of allylic oxidation sites excluding steroid dienone is 1. The zero-order valence-corrected chi connectivity index (χ0v) is 9.36. The number of likely N-dealkylation sites (N-methyl/N-ethyl adjacent to an activating group) is 1. The van der Waals surface area contributed by atoms with Gasteiger partial charge in [0.15, 0.2) is 0 Å². The van der Waals surface area contributed by atoms with Gasteiger partial charge in [0.25, 0.3) is 0 Å². The van der Waals surface area contributed by atoms with Crippen LogP contribution in [0.5, 0.6) is 0 Å². The summed E-state index contributed by atoms with van der Waals surface area (Å²) in [7, 11) is 3.55. The van der Waals surface area contributed by atoms with Crippen LogP contribution in [0.15, 0.2) is 36.9 Å². The number of hydrogen-bond acceptors (Lipinski definition) is 1. The maximum Gasteiger partial charge on any atom is 0.226 e. The lowest BCUT2D eigenvalue weighted by molar-refractivity contribution is -0.127. The largest absolute Gasteiger partial charge is 0.349 e. The lowest BCUT2D eigenvalue weighted by Gasteiger charge is -2.12. The third kappa shape index (κ3) is 3.24. The van der Waals surface area contributed by atoms with Gasteiger partial charge in [-0.15, -0.1) is 6.58 Å². The Morgan fingerprint density at radius 1 is 1.33 bits per heavy atom. The van der Waals surface area contributed by atoms with E-state index in [1.165, 1.54) is 5.56 Å². The molecule has 0 bridgehead atoms. The molecular formula is C13H17NO. The molecule has 0 fully saturated rings. The summed E-state index contributed by atoms with van der Waals surface area (Å²) in [6.45, 7) is 3.72. The molecule has 0 spiro atoms. The average molecular weight is 203 g/mol. The van der Waals surface area contributed by atoms with Gasteiger partial charge >= 0.3 is 0 Å². The third-order valence-electron chi connectivity index (χ3n) is 2.32. The molecule has 0 unspecified atom stereocenters. The minimum absolute atomic E-state index is 0.131. The fourth-order valence-corrected chi connectivity index (χ4v) is 1.41. The second-order valence-electron chi connectivity index (χ2n) is 3.73. The Morgan fingerprint density at radius 2 is 1.93 bits per heavy atom. The minimum Gasteiger partial charge on any atom is -0.349 e. The van der Waals surface area contributed by atoms with Gasteiger partial charge in [-0.25, -0.2) is 0 Å². The molecule has 0 radical (unpaired) electrons. The first-order valence-corrected chi connectivity index (χ1v) is 5.03. The maximum atomic E-state index is 11.6. The molecule has 1 aromatic rings. The molecule has 0 aliphatic carbocycles. The second kappa shape index (κ2) is 5.35. The van der Waals surface area contributed by atoms with Crippen molar-refractivity contribution in [1.82, 2.24) is 4.90 Å². The van der Waals surface area contributed by atoms with Gasteiger partial charge in [0, 0.05) is 14.1 Å². The number of carbonyl (C=O) groups excluding carboxylic acids is 1. The molecule has 0 aliphatic heterocycles. The summed E-state index contributed by atoms with van der Waals surface area (Å²) < 4.78 is 0. The highest BCUT2D eigenvalue weighted by molar-refractivity contribution is 5.78. The third-order valence-corrected chi connectivity index (χ3v) is 2.32. The van der Waals surface area contributed by atoms with Gasteiger partial charge in [0.05, 0.1) is 6.42 Å². The number of rotatable bonds is 4. The lowest BCUT2D eigenvalue weighted by atomic mass is 10.0. The van der Waals surface area contributed by atoms with Crippen LogP contribution >= 0.6 is 0 Å². The van der Waals surface area contributed by atoms with E-state index >= 15 is 0 Å². The van der Waals surface area contributed by atoms with Crippen LogP contribution in [0, 0.1) is 0 Å². The number of hydrogen-bond donors (Lipinski definition) is 0. The molecule has 0 heterocycles. The highest BCUT2D eigenvalue weighted by atomic mass is 16.2. The summed E-state index contributed by atoms with van der Waals surface area (Å²) in [6.07, 6.45) is 3.15. The highest BCUT2D eigenvalue weighted by Crippen LogP contribution is 2.11. The van der Waals surface area contributed by atoms with Crippen molar-refractivity contribution in [2.24, 2.45) is 0 Å². The lowest BCUT2D eigenvalue weighted by Crippen LogP contribution is -2.23. The van der Waals surface area contributed by atoms with Crippen LogP contribution in [0.2, 0.25) is 0 Å². The Morgan fingerprint density at radius 3 is 2.47 bits per heavy atom. The van der Waals surface area contributed by atoms with Gasteiger partial charge in [-0.05, 0) is 17.5 Å². The van der Waals surface area contributed by atoms with E-state index in [-0.39, 0.29) is 5.91 Å². The molecule has 2 nitrogen and oxygen atoms in total. The molecule has 2 heteroatoms. The molecule has 0 N–H and O–H groups in total. The van der Waals surface area contributed by atoms with Crippen LogP contribution in [0.1, 0.15) is 11.1 Å². The predicted molar refractivity (Wildman–Crippen MR) is 62.7 cm³/mol. The molecular weight excluding hydrogens is 186 g/mol. The molecule has 1 rings (SSSR count). The molecule has 0 aromatic heterocycles. The first-order valence-electron chi connectivity index (χ1n) is 5.03. The SMILES string of the molecule is C=CCc1ccccc1CC(=O)N(C)C. The normalized spacial score (nSPS) is 9.73. The summed E-state index contributed by atoms with van der Waals surface area (Å²) in [4.78, 5) is 13.2. The van der Waals surface area contributed by atoms with Gasteiger partial charge in [0.1, 0.15) is 0 Å². The zero-order chi connectivity index (χ0) is 11.3. The molecule has 15 heavy (non-hydrogen) atoms. The van der Waals surface area contributed by atoms with Gasteiger partial charge in [-0.3, -0.25) is 4.79 Å². The first kappa shape index (κ1) is 11.5. The van der Waals surface area contributed by atoms with E-state index in [1.807, 2.05) is 30.3 Å². The van der Waals surface area contributed by atoms with Crippen molar-refractivity contribution in [2.45, 2.75) is 12.8 Å². The fraction of sp³-hybridized carbons (Fsp3) is 0.308. The van der Waals surface area contributed by atoms with Crippen molar-refractivity contribution < 1.29 is 4.79 Å². The van der Waals surface area contributed by atoms with Crippen LogP contribution in [-0.4, -0.2) is 24.9 Å². The summed E-state index contributed by atoms with van der Waals surface area (Å²) >= 11 is 0. The second-order valence-corrected chi connectivity index (χ2v) is 3.73. The van der Waals surface area contributed by atoms with Crippen molar-refractivity contribution in [1.29, 1.82) is 0 Å². The van der Waals surface area contributed by atoms with Crippen LogP contribution in [0.3, 0.4) is 0 Å². The van der Waals surface area contributed by atoms with E-state index < -0.39 is 0 Å². The van der Waals surface area contributed by atoms with E-state index in [9.17, 15) is 4.79 Å². The molecule has 1 amide bonds. The van der Waals surface area contributed by atoms with Crippen molar-refractivity contribution >= 4 is 5.91 Å². The van der Waals surface area contributed by atoms with Crippen LogP contribution < -0.4 is 0 Å². The van der Waals surface area contributed by atoms with E-state index in [0.29, 0.717) is 6.42 Å². The number of carbonyl (C=O) groups is 1. The summed E-state index contributed by atoms with van der Waals surface area (Å²) in [5, 5.41) is 0. The standard InChI is InChI=1S/C13H17NO/c1-4-7-11-8-5-6-9-12(11)10-13(15)14(2)3/h4-6,8-9H,1,7,10H2,2-3H3. The zero-order valence-electron chi connectivity index (χ0n) is 9.36. The maximum absolute atomic E-state index is 11.6. The first-order chi connectivity index (χ1) is 7.15. The molecule has 0 saturated carbocycles. The molecule has 1 aromatic carbocycles. The number of benzene rings is 1. The van der Waals surface area contributed by atoms with Crippen LogP contribution in [0.4, 0.5) is 0 Å². The monoisotopic (exact) mass is 203 g/mol. The van der Waals surface area contributed by atoms with Crippen molar-refractivity contribution in [3.05, 3.63) is 48.0 Å². The van der Waals surface area contributed by atoms with Crippen molar-refractivity contribution in [2.75, 3.05) is 14.1 Å². The van der Waals surface area contributed by atoms with Crippen molar-refractivity contribution in [3.8, 4) is 0 Å². The number of amides is 1. The summed E-state index contributed by atoms with van der Waals surface area (Å²) in [5.74, 6) is 0.131. The minimum atomic E-state index is 0.131. The Hall–Kier alpha value is -1.57. The summed E-state index contributed by atoms with van der Waals surface area (Å²) in [6, 6.07) is 7.99. The quantitative estimate of drug-likeness (QED) is 0.686. The van der Waals surface area contributed by atoms with Gasteiger partial charge in [-0.2, -0.15) is 0 Å². The van der Waals surface area contributed by atoms with Gasteiger partial charge in [0.2, 0.25) is 5.91 Å². The van der Waals surface area contributed by atoms with Gasteiger partial charge < -0.3 is 4.90 Å². The van der Waals surface area contributed by atoms with Crippen molar-refractivity contribution in [3.63, 3.8) is 0 Å². The molecule has 0 aliphatic rings. The Kier molecular flexibility index (Phi) is 4.10. The van der Waals surface area contributed by atoms with Crippen LogP contribution in [0.25, 0.3) is 0 Å². The van der Waals surface area contributed by atoms with E-state index in [1.54, 1.807) is 19.0 Å². The average Bonchev–Trinajstić information content (AvgIpc) is 2.21. The highest BCUT2D eigenvalue weighted by Gasteiger charge is 2.07. The topological polar surface area (TPSA) is 20.3 Å². The molecule has 80 valence electrons. The smallest absolute Gasteiger partial charge is 0.226 e. The number of nitrogens with zero attached hydrogens (tertiary/aromatic N) is 1. The van der Waals surface area contributed by atoms with Gasteiger partial charge in [-0.1, -0.05) is 30.3 Å². The summed E-state index contributed by atoms with van der Waals surface area (Å²) in [5.41, 5.74) is 2.28. The Bertz CT molecular complexity index is 355. The van der Waals surface area contributed by atoms with Crippen LogP contribution in [-0.2, 0) is 17.6 Å². The molecule has 0 atom stereocenters.